The normalized spacial score (nSPS) is 10.1. The fourth-order valence-corrected chi connectivity index (χ4v) is 1.63. The number of aldehydes is 1. The number of nitrogens with zero attached hydrogens (tertiary/aromatic N) is 1. The highest BCUT2D eigenvalue weighted by atomic mass is 16.1. The molecule has 0 unspecified atom stereocenters. The molecule has 0 spiro atoms. The molecule has 0 aliphatic carbocycles. The molecule has 2 rings (SSSR count). The lowest BCUT2D eigenvalue weighted by atomic mass is 10.0. The van der Waals surface area contributed by atoms with E-state index in [4.69, 9.17) is 0 Å². The summed E-state index contributed by atoms with van der Waals surface area (Å²) in [5.41, 5.74) is 4.13. The first-order valence-corrected chi connectivity index (χ1v) is 5.23. The van der Waals surface area contributed by atoms with Gasteiger partial charge in [-0.25, -0.2) is 0 Å². The van der Waals surface area contributed by atoms with Gasteiger partial charge in [-0.3, -0.25) is 9.78 Å². The van der Waals surface area contributed by atoms with Gasteiger partial charge in [0.15, 0.2) is 0 Å². The molecular weight excluding hydrogens is 198 g/mol. The van der Waals surface area contributed by atoms with E-state index in [0.717, 1.165) is 23.8 Å². The number of pyridine rings is 1. The lowest BCUT2D eigenvalue weighted by molar-refractivity contribution is 0.112. The van der Waals surface area contributed by atoms with Crippen LogP contribution in [0.15, 0.2) is 42.7 Å². The molecule has 0 radical (unpaired) electrons. The third-order valence-corrected chi connectivity index (χ3v) is 2.58. The molecule has 1 heterocycles. The second kappa shape index (κ2) is 4.71. The molecule has 0 N–H and O–H groups in total. The highest BCUT2D eigenvalue weighted by molar-refractivity contribution is 5.77. The second-order valence-electron chi connectivity index (χ2n) is 3.85. The lowest BCUT2D eigenvalue weighted by Gasteiger charge is -2.04. The minimum atomic E-state index is 0.718. The van der Waals surface area contributed by atoms with Gasteiger partial charge in [0.1, 0.15) is 6.29 Å². The van der Waals surface area contributed by atoms with Crippen molar-refractivity contribution < 1.29 is 4.79 Å². The van der Waals surface area contributed by atoms with E-state index in [9.17, 15) is 4.79 Å². The molecule has 0 atom stereocenters. The number of hydrogen-bond donors (Lipinski definition) is 0. The summed E-state index contributed by atoms with van der Waals surface area (Å²) in [5, 5.41) is 0. The van der Waals surface area contributed by atoms with Crippen LogP contribution in [0.1, 0.15) is 27.0 Å². The lowest BCUT2D eigenvalue weighted by Crippen LogP contribution is -1.95. The van der Waals surface area contributed by atoms with Crippen molar-refractivity contribution >= 4 is 6.29 Å². The van der Waals surface area contributed by atoms with Gasteiger partial charge in [0, 0.05) is 18.0 Å². The van der Waals surface area contributed by atoms with Crippen LogP contribution < -0.4 is 0 Å². The number of aryl methyl sites for hydroxylation is 1. The van der Waals surface area contributed by atoms with Crippen LogP contribution in [-0.4, -0.2) is 11.3 Å². The maximum Gasteiger partial charge on any atom is 0.150 e. The average Bonchev–Trinajstić information content (AvgIpc) is 2.33. The van der Waals surface area contributed by atoms with Gasteiger partial charge in [-0.05, 0) is 30.5 Å². The Bertz CT molecular complexity index is 488. The molecule has 16 heavy (non-hydrogen) atoms. The molecule has 0 aliphatic heterocycles. The molecule has 1 aromatic carbocycles. The van der Waals surface area contributed by atoms with Crippen molar-refractivity contribution in [2.24, 2.45) is 0 Å². The molecular formula is C14H13NO. The standard InChI is InChI=1S/C14H13NO/c1-11-2-4-12(5-3-11)8-14-9-15-7-6-13(14)10-16/h2-7,9-10H,8H2,1H3. The third-order valence-electron chi connectivity index (χ3n) is 2.58. The van der Waals surface area contributed by atoms with Crippen molar-refractivity contribution in [1.29, 1.82) is 0 Å². The largest absolute Gasteiger partial charge is 0.298 e. The number of carbonyl (C=O) groups is 1. The van der Waals surface area contributed by atoms with Gasteiger partial charge in [0.05, 0.1) is 0 Å². The Labute approximate surface area is 95.0 Å². The zero-order valence-corrected chi connectivity index (χ0v) is 9.18. The smallest absolute Gasteiger partial charge is 0.150 e. The second-order valence-corrected chi connectivity index (χ2v) is 3.85. The maximum absolute atomic E-state index is 10.8. The summed E-state index contributed by atoms with van der Waals surface area (Å²) in [6, 6.07) is 10.1. The third kappa shape index (κ3) is 2.34. The molecule has 0 aliphatic rings. The van der Waals surface area contributed by atoms with Crippen LogP contribution in [-0.2, 0) is 6.42 Å². The summed E-state index contributed by atoms with van der Waals surface area (Å²) < 4.78 is 0. The Morgan fingerprint density at radius 2 is 1.94 bits per heavy atom. The van der Waals surface area contributed by atoms with Gasteiger partial charge in [-0.2, -0.15) is 0 Å². The van der Waals surface area contributed by atoms with Crippen LogP contribution in [0, 0.1) is 6.92 Å². The molecule has 2 nitrogen and oxygen atoms in total. The first-order valence-electron chi connectivity index (χ1n) is 5.23. The zero-order chi connectivity index (χ0) is 11.4. The highest BCUT2D eigenvalue weighted by Crippen LogP contribution is 2.12. The van der Waals surface area contributed by atoms with Crippen molar-refractivity contribution in [1.82, 2.24) is 4.98 Å². The first-order chi connectivity index (χ1) is 7.79. The number of carbonyl (C=O) groups excluding carboxylic acids is 1. The van der Waals surface area contributed by atoms with E-state index in [1.807, 2.05) is 0 Å². The van der Waals surface area contributed by atoms with E-state index in [1.54, 1.807) is 18.5 Å². The van der Waals surface area contributed by atoms with Gasteiger partial charge in [-0.15, -0.1) is 0 Å². The van der Waals surface area contributed by atoms with Crippen molar-refractivity contribution in [3.05, 3.63) is 65.0 Å². The molecule has 0 saturated heterocycles. The predicted molar refractivity (Wildman–Crippen MR) is 63.6 cm³/mol. The molecule has 0 fully saturated rings. The summed E-state index contributed by atoms with van der Waals surface area (Å²) >= 11 is 0. The Kier molecular flexibility index (Phi) is 3.10. The summed E-state index contributed by atoms with van der Waals surface area (Å²) in [6.07, 6.45) is 5.03. The maximum atomic E-state index is 10.8. The molecule has 2 aromatic rings. The van der Waals surface area contributed by atoms with Crippen LogP contribution in [0.25, 0.3) is 0 Å². The van der Waals surface area contributed by atoms with Crippen LogP contribution in [0.3, 0.4) is 0 Å². The number of rotatable bonds is 3. The molecule has 0 bridgehead atoms. The van der Waals surface area contributed by atoms with E-state index >= 15 is 0 Å². The summed E-state index contributed by atoms with van der Waals surface area (Å²) in [4.78, 5) is 14.9. The van der Waals surface area contributed by atoms with Gasteiger partial charge < -0.3 is 0 Å². The Balaban J connectivity index is 2.26. The van der Waals surface area contributed by atoms with E-state index in [-0.39, 0.29) is 0 Å². The summed E-state index contributed by atoms with van der Waals surface area (Å²) in [6.45, 7) is 2.06. The van der Waals surface area contributed by atoms with E-state index in [0.29, 0.717) is 0 Å². The number of aromatic nitrogens is 1. The van der Waals surface area contributed by atoms with Crippen molar-refractivity contribution in [2.75, 3.05) is 0 Å². The topological polar surface area (TPSA) is 30.0 Å². The van der Waals surface area contributed by atoms with E-state index < -0.39 is 0 Å². The van der Waals surface area contributed by atoms with Gasteiger partial charge in [0.25, 0.3) is 0 Å². The van der Waals surface area contributed by atoms with Gasteiger partial charge in [-0.1, -0.05) is 29.8 Å². The van der Waals surface area contributed by atoms with Crippen LogP contribution in [0.4, 0.5) is 0 Å². The van der Waals surface area contributed by atoms with Crippen molar-refractivity contribution in [3.63, 3.8) is 0 Å². The molecule has 0 amide bonds. The molecule has 80 valence electrons. The Morgan fingerprint density at radius 3 is 2.62 bits per heavy atom. The molecule has 2 heteroatoms. The Hall–Kier alpha value is -1.96. The number of hydrogen-bond acceptors (Lipinski definition) is 2. The quantitative estimate of drug-likeness (QED) is 0.731. The summed E-state index contributed by atoms with van der Waals surface area (Å²) in [5.74, 6) is 0. The predicted octanol–water partition coefficient (Wildman–Crippen LogP) is 2.79. The van der Waals surface area contributed by atoms with Gasteiger partial charge >= 0.3 is 0 Å². The minimum absolute atomic E-state index is 0.718. The fraction of sp³-hybridized carbons (Fsp3) is 0.143. The SMILES string of the molecule is Cc1ccc(Cc2cnccc2C=O)cc1. The molecule has 1 aromatic heterocycles. The van der Waals surface area contributed by atoms with E-state index in [2.05, 4.69) is 36.2 Å². The fourth-order valence-electron chi connectivity index (χ4n) is 1.63. The summed E-state index contributed by atoms with van der Waals surface area (Å²) in [7, 11) is 0. The minimum Gasteiger partial charge on any atom is -0.298 e. The molecule has 0 saturated carbocycles. The van der Waals surface area contributed by atoms with Gasteiger partial charge in [0.2, 0.25) is 0 Å². The van der Waals surface area contributed by atoms with Crippen LogP contribution >= 0.6 is 0 Å². The van der Waals surface area contributed by atoms with Crippen molar-refractivity contribution in [2.45, 2.75) is 13.3 Å². The monoisotopic (exact) mass is 211 g/mol. The van der Waals surface area contributed by atoms with Crippen LogP contribution in [0.5, 0.6) is 0 Å². The zero-order valence-electron chi connectivity index (χ0n) is 9.18. The van der Waals surface area contributed by atoms with E-state index in [1.165, 1.54) is 11.1 Å². The Morgan fingerprint density at radius 1 is 1.19 bits per heavy atom. The van der Waals surface area contributed by atoms with Crippen molar-refractivity contribution in [3.8, 4) is 0 Å². The van der Waals surface area contributed by atoms with Crippen LogP contribution in [0.2, 0.25) is 0 Å². The number of benzene rings is 1. The highest BCUT2D eigenvalue weighted by Gasteiger charge is 2.02. The average molecular weight is 211 g/mol. The first kappa shape index (κ1) is 10.6.